The average molecular weight is 247 g/mol. The lowest BCUT2D eigenvalue weighted by Gasteiger charge is -2.43. The van der Waals surface area contributed by atoms with E-state index in [0.717, 1.165) is 0 Å². The van der Waals surface area contributed by atoms with Crippen LogP contribution in [0.15, 0.2) is 0 Å². The lowest BCUT2D eigenvalue weighted by molar-refractivity contribution is -0.144. The molecule has 1 heterocycles. The van der Waals surface area contributed by atoms with Gasteiger partial charge >= 0.3 is 5.97 Å². The maximum Gasteiger partial charge on any atom is 0.306 e. The van der Waals surface area contributed by atoms with E-state index in [-0.39, 0.29) is 35.2 Å². The zero-order valence-electron chi connectivity index (χ0n) is 9.00. The SMILES string of the molecule is NCC1C2CC(C(=O)O)CC1CS(=O)(=O)C2. The van der Waals surface area contributed by atoms with Gasteiger partial charge in [-0.25, -0.2) is 8.42 Å². The molecule has 2 unspecified atom stereocenters. The second-order valence-electron chi connectivity index (χ2n) is 5.00. The highest BCUT2D eigenvalue weighted by molar-refractivity contribution is 7.91. The fraction of sp³-hybridized carbons (Fsp3) is 0.900. The first-order chi connectivity index (χ1) is 7.43. The fourth-order valence-corrected chi connectivity index (χ4v) is 5.46. The molecule has 0 aromatic carbocycles. The predicted molar refractivity (Wildman–Crippen MR) is 58.5 cm³/mol. The van der Waals surface area contributed by atoms with Crippen LogP contribution < -0.4 is 5.73 Å². The smallest absolute Gasteiger partial charge is 0.306 e. The molecule has 6 heteroatoms. The number of hydrogen-bond acceptors (Lipinski definition) is 4. The molecule has 2 atom stereocenters. The van der Waals surface area contributed by atoms with E-state index >= 15 is 0 Å². The highest BCUT2D eigenvalue weighted by Crippen LogP contribution is 2.42. The van der Waals surface area contributed by atoms with Gasteiger partial charge in [0.15, 0.2) is 9.84 Å². The summed E-state index contributed by atoms with van der Waals surface area (Å²) in [6.07, 6.45) is 0.930. The van der Waals surface area contributed by atoms with Crippen LogP contribution in [0.5, 0.6) is 0 Å². The fourth-order valence-electron chi connectivity index (χ4n) is 3.25. The number of carbonyl (C=O) groups is 1. The first-order valence-corrected chi connectivity index (χ1v) is 7.38. The van der Waals surface area contributed by atoms with E-state index in [0.29, 0.717) is 19.4 Å². The van der Waals surface area contributed by atoms with E-state index in [9.17, 15) is 13.2 Å². The number of rotatable bonds is 2. The molecule has 0 radical (unpaired) electrons. The van der Waals surface area contributed by atoms with Crippen LogP contribution in [-0.4, -0.2) is 37.5 Å². The molecule has 2 aliphatic rings. The van der Waals surface area contributed by atoms with Gasteiger partial charge in [0.25, 0.3) is 0 Å². The Bertz CT molecular complexity index is 370. The van der Waals surface area contributed by atoms with Gasteiger partial charge in [-0.2, -0.15) is 0 Å². The summed E-state index contributed by atoms with van der Waals surface area (Å²) in [6.45, 7) is 0.469. The largest absolute Gasteiger partial charge is 0.481 e. The van der Waals surface area contributed by atoms with Gasteiger partial charge in [0.1, 0.15) is 0 Å². The van der Waals surface area contributed by atoms with Gasteiger partial charge in [-0.1, -0.05) is 0 Å². The molecule has 0 spiro atoms. The normalized spacial score (nSPS) is 41.6. The van der Waals surface area contributed by atoms with E-state index in [1.165, 1.54) is 0 Å². The number of sulfone groups is 1. The Morgan fingerprint density at radius 2 is 1.75 bits per heavy atom. The van der Waals surface area contributed by atoms with Gasteiger partial charge in [0, 0.05) is 0 Å². The topological polar surface area (TPSA) is 97.5 Å². The molecule has 92 valence electrons. The van der Waals surface area contributed by atoms with E-state index in [4.69, 9.17) is 10.8 Å². The van der Waals surface area contributed by atoms with Crippen molar-refractivity contribution in [3.63, 3.8) is 0 Å². The van der Waals surface area contributed by atoms with Gasteiger partial charge in [0.05, 0.1) is 17.4 Å². The Hall–Kier alpha value is -0.620. The standard InChI is InChI=1S/C10H17NO4S/c11-3-9-7-1-6(10(12)13)2-8(9)5-16(14,15)4-7/h6-9H,1-5,11H2,(H,12,13). The maximum absolute atomic E-state index is 11.6. The van der Waals surface area contributed by atoms with Crippen molar-refractivity contribution in [3.05, 3.63) is 0 Å². The molecule has 0 aromatic heterocycles. The zero-order valence-corrected chi connectivity index (χ0v) is 9.82. The summed E-state index contributed by atoms with van der Waals surface area (Å²) < 4.78 is 23.2. The van der Waals surface area contributed by atoms with Crippen LogP contribution in [0.3, 0.4) is 0 Å². The van der Waals surface area contributed by atoms with Crippen LogP contribution in [0.1, 0.15) is 12.8 Å². The van der Waals surface area contributed by atoms with Gasteiger partial charge in [-0.05, 0) is 37.1 Å². The quantitative estimate of drug-likeness (QED) is 0.699. The van der Waals surface area contributed by atoms with Crippen molar-refractivity contribution in [2.45, 2.75) is 12.8 Å². The van der Waals surface area contributed by atoms with E-state index in [1.54, 1.807) is 0 Å². The van der Waals surface area contributed by atoms with Crippen molar-refractivity contribution < 1.29 is 18.3 Å². The second kappa shape index (κ2) is 4.00. The number of carboxylic acid groups (broad SMARTS) is 1. The van der Waals surface area contributed by atoms with Crippen molar-refractivity contribution in [3.8, 4) is 0 Å². The molecule has 0 aromatic rings. The minimum atomic E-state index is -2.98. The molecule has 2 rings (SSSR count). The van der Waals surface area contributed by atoms with Gasteiger partial charge in [-0.15, -0.1) is 0 Å². The maximum atomic E-state index is 11.6. The molecule has 2 fully saturated rings. The minimum absolute atomic E-state index is 0.0522. The Kier molecular flexibility index (Phi) is 2.96. The molecule has 1 aliphatic carbocycles. The first-order valence-electron chi connectivity index (χ1n) is 5.56. The summed E-state index contributed by atoms with van der Waals surface area (Å²) in [5, 5.41) is 9.00. The summed E-state index contributed by atoms with van der Waals surface area (Å²) in [6, 6.07) is 0. The third-order valence-electron chi connectivity index (χ3n) is 3.94. The molecule has 1 aliphatic heterocycles. The molecule has 1 saturated heterocycles. The number of hydrogen-bond donors (Lipinski definition) is 2. The molecule has 5 nitrogen and oxygen atoms in total. The van der Waals surface area contributed by atoms with Gasteiger partial charge in [-0.3, -0.25) is 4.79 Å². The van der Waals surface area contributed by atoms with Crippen LogP contribution in [0.25, 0.3) is 0 Å². The molecule has 3 N–H and O–H groups in total. The Labute approximate surface area is 94.9 Å². The lowest BCUT2D eigenvalue weighted by atomic mass is 9.68. The summed E-state index contributed by atoms with van der Waals surface area (Å²) in [7, 11) is -2.98. The monoisotopic (exact) mass is 247 g/mol. The van der Waals surface area contributed by atoms with Crippen LogP contribution in [0.2, 0.25) is 0 Å². The van der Waals surface area contributed by atoms with E-state index in [1.807, 2.05) is 0 Å². The summed E-state index contributed by atoms with van der Waals surface area (Å²) in [5.74, 6) is -0.853. The van der Waals surface area contributed by atoms with Crippen molar-refractivity contribution in [1.82, 2.24) is 0 Å². The number of aliphatic carboxylic acids is 1. The highest BCUT2D eigenvalue weighted by atomic mass is 32.2. The third-order valence-corrected chi connectivity index (χ3v) is 5.81. The van der Waals surface area contributed by atoms with E-state index < -0.39 is 15.8 Å². The summed E-state index contributed by atoms with van der Waals surface area (Å²) in [5.41, 5.74) is 5.66. The first kappa shape index (κ1) is 11.9. The Morgan fingerprint density at radius 1 is 1.25 bits per heavy atom. The predicted octanol–water partition coefficient (Wildman–Crippen LogP) is -0.283. The molecular formula is C10H17NO4S. The lowest BCUT2D eigenvalue weighted by Crippen LogP contribution is -2.49. The number of carboxylic acids is 1. The van der Waals surface area contributed by atoms with Crippen molar-refractivity contribution >= 4 is 15.8 Å². The van der Waals surface area contributed by atoms with Crippen molar-refractivity contribution in [1.29, 1.82) is 0 Å². The molecular weight excluding hydrogens is 230 g/mol. The van der Waals surface area contributed by atoms with Crippen LogP contribution in [-0.2, 0) is 14.6 Å². The minimum Gasteiger partial charge on any atom is -0.481 e. The van der Waals surface area contributed by atoms with Gasteiger partial charge < -0.3 is 10.8 Å². The zero-order chi connectivity index (χ0) is 11.9. The highest BCUT2D eigenvalue weighted by Gasteiger charge is 2.46. The van der Waals surface area contributed by atoms with Crippen LogP contribution in [0, 0.1) is 23.7 Å². The Morgan fingerprint density at radius 3 is 2.12 bits per heavy atom. The summed E-state index contributed by atoms with van der Waals surface area (Å²) in [4.78, 5) is 11.0. The average Bonchev–Trinajstić information content (AvgIpc) is 2.13. The second-order valence-corrected chi connectivity index (χ2v) is 7.16. The molecule has 1 saturated carbocycles. The van der Waals surface area contributed by atoms with Gasteiger partial charge in [0.2, 0.25) is 0 Å². The molecule has 16 heavy (non-hydrogen) atoms. The van der Waals surface area contributed by atoms with E-state index in [2.05, 4.69) is 0 Å². The van der Waals surface area contributed by atoms with Crippen molar-refractivity contribution in [2.24, 2.45) is 29.4 Å². The Balaban J connectivity index is 2.22. The number of nitrogens with two attached hydrogens (primary N) is 1. The third kappa shape index (κ3) is 2.08. The molecule has 0 amide bonds. The van der Waals surface area contributed by atoms with Crippen molar-refractivity contribution in [2.75, 3.05) is 18.1 Å². The molecule has 2 bridgehead atoms. The number of fused-ring (bicyclic) bond motifs is 2. The summed E-state index contributed by atoms with van der Waals surface area (Å²) >= 11 is 0. The van der Waals surface area contributed by atoms with Crippen LogP contribution in [0.4, 0.5) is 0 Å². The van der Waals surface area contributed by atoms with Crippen LogP contribution >= 0.6 is 0 Å².